The van der Waals surface area contributed by atoms with Gasteiger partial charge in [0.1, 0.15) is 22.7 Å². The summed E-state index contributed by atoms with van der Waals surface area (Å²) >= 11 is 9.07. The number of nitrogens with zero attached hydrogens (tertiary/aromatic N) is 2. The van der Waals surface area contributed by atoms with Crippen molar-refractivity contribution in [3.63, 3.8) is 0 Å². The molecule has 0 radical (unpaired) electrons. The molecule has 0 unspecified atom stereocenters. The molecule has 1 heterocycles. The Hall–Kier alpha value is -1.64. The Morgan fingerprint density at radius 1 is 1.39 bits per heavy atom. The van der Waals surface area contributed by atoms with Crippen LogP contribution in [-0.4, -0.2) is 4.98 Å². The molecule has 0 aliphatic heterocycles. The summed E-state index contributed by atoms with van der Waals surface area (Å²) in [5, 5.41) is 8.91. The van der Waals surface area contributed by atoms with Crippen LogP contribution in [0.1, 0.15) is 5.56 Å². The summed E-state index contributed by atoms with van der Waals surface area (Å²) < 4.78 is 19.0. The Kier molecular flexibility index (Phi) is 3.80. The van der Waals surface area contributed by atoms with E-state index in [2.05, 4.69) is 20.9 Å². The van der Waals surface area contributed by atoms with Gasteiger partial charge < -0.3 is 4.74 Å². The van der Waals surface area contributed by atoms with Crippen LogP contribution < -0.4 is 4.74 Å². The van der Waals surface area contributed by atoms with E-state index >= 15 is 0 Å². The van der Waals surface area contributed by atoms with E-state index < -0.39 is 5.82 Å². The molecule has 0 amide bonds. The van der Waals surface area contributed by atoms with Gasteiger partial charge in [0.2, 0.25) is 5.88 Å². The van der Waals surface area contributed by atoms with Gasteiger partial charge in [0.25, 0.3) is 0 Å². The second kappa shape index (κ2) is 5.34. The van der Waals surface area contributed by atoms with Crippen molar-refractivity contribution >= 4 is 27.5 Å². The zero-order valence-electron chi connectivity index (χ0n) is 8.82. The molecule has 90 valence electrons. The van der Waals surface area contributed by atoms with Gasteiger partial charge in [-0.3, -0.25) is 0 Å². The van der Waals surface area contributed by atoms with Gasteiger partial charge in [-0.05, 0) is 18.2 Å². The summed E-state index contributed by atoms with van der Waals surface area (Å²) in [6.07, 6.45) is 1.40. The number of hydrogen-bond donors (Lipinski definition) is 0. The first-order valence-corrected chi connectivity index (χ1v) is 5.96. The summed E-state index contributed by atoms with van der Waals surface area (Å²) in [5.41, 5.74) is 0.247. The highest BCUT2D eigenvalue weighted by Crippen LogP contribution is 2.31. The van der Waals surface area contributed by atoms with Crippen LogP contribution in [0, 0.1) is 17.1 Å². The van der Waals surface area contributed by atoms with Crippen molar-refractivity contribution in [2.24, 2.45) is 0 Å². The van der Waals surface area contributed by atoms with Gasteiger partial charge in [0.05, 0.1) is 5.56 Å². The lowest BCUT2D eigenvalue weighted by Gasteiger charge is -2.07. The number of halogens is 3. The summed E-state index contributed by atoms with van der Waals surface area (Å²) in [6, 6.07) is 7.44. The summed E-state index contributed by atoms with van der Waals surface area (Å²) in [4.78, 5) is 3.90. The van der Waals surface area contributed by atoms with E-state index in [1.54, 1.807) is 6.07 Å². The van der Waals surface area contributed by atoms with E-state index in [-0.39, 0.29) is 22.2 Å². The molecule has 0 aliphatic rings. The van der Waals surface area contributed by atoms with E-state index in [0.29, 0.717) is 4.47 Å². The fourth-order valence-corrected chi connectivity index (χ4v) is 1.92. The molecule has 0 saturated carbocycles. The summed E-state index contributed by atoms with van der Waals surface area (Å²) in [5.74, 6) is -0.147. The van der Waals surface area contributed by atoms with Crippen LogP contribution in [0.5, 0.6) is 11.6 Å². The Morgan fingerprint density at radius 2 is 2.17 bits per heavy atom. The molecular weight excluding hydrogens is 322 g/mol. The van der Waals surface area contributed by atoms with Crippen molar-refractivity contribution in [1.82, 2.24) is 4.98 Å². The number of pyridine rings is 1. The Balaban J connectivity index is 2.37. The largest absolute Gasteiger partial charge is 0.437 e. The molecule has 1 aromatic heterocycles. The van der Waals surface area contributed by atoms with Gasteiger partial charge >= 0.3 is 0 Å². The van der Waals surface area contributed by atoms with Crippen molar-refractivity contribution < 1.29 is 9.13 Å². The van der Waals surface area contributed by atoms with Crippen LogP contribution >= 0.6 is 27.5 Å². The number of ether oxygens (including phenoxy) is 1. The maximum atomic E-state index is 13.2. The lowest BCUT2D eigenvalue weighted by atomic mass is 10.3. The van der Waals surface area contributed by atoms with E-state index in [9.17, 15) is 4.39 Å². The van der Waals surface area contributed by atoms with Crippen LogP contribution in [0.2, 0.25) is 5.02 Å². The summed E-state index contributed by atoms with van der Waals surface area (Å²) in [7, 11) is 0. The molecule has 0 saturated heterocycles. The normalized spacial score (nSPS) is 9.89. The van der Waals surface area contributed by atoms with Gasteiger partial charge in [-0.2, -0.15) is 5.26 Å². The van der Waals surface area contributed by atoms with Crippen molar-refractivity contribution in [3.05, 3.63) is 51.3 Å². The molecule has 0 aliphatic carbocycles. The predicted octanol–water partition coefficient (Wildman–Crippen LogP) is 4.30. The Bertz CT molecular complexity index is 622. The van der Waals surface area contributed by atoms with Gasteiger partial charge in [-0.15, -0.1) is 0 Å². The van der Waals surface area contributed by atoms with Gasteiger partial charge in [0, 0.05) is 16.7 Å². The SMILES string of the molecule is N#Cc1ccnc(Oc2cc(F)cc(Br)c2)c1Cl. The maximum Gasteiger partial charge on any atom is 0.239 e. The standard InChI is InChI=1S/C12H5BrClFN2O/c13-8-3-9(15)5-10(4-8)18-12-11(14)7(6-16)1-2-17-12/h1-5H. The van der Waals surface area contributed by atoms with Crippen molar-refractivity contribution in [1.29, 1.82) is 5.26 Å². The van der Waals surface area contributed by atoms with Gasteiger partial charge in [-0.1, -0.05) is 27.5 Å². The second-order valence-corrected chi connectivity index (χ2v) is 4.59. The van der Waals surface area contributed by atoms with E-state index in [0.717, 1.165) is 0 Å². The number of benzene rings is 1. The third-order valence-corrected chi connectivity index (χ3v) is 2.85. The van der Waals surface area contributed by atoms with E-state index in [1.807, 2.05) is 6.07 Å². The minimum Gasteiger partial charge on any atom is -0.437 e. The Labute approximate surface area is 116 Å². The van der Waals surface area contributed by atoms with Gasteiger partial charge in [0.15, 0.2) is 0 Å². The molecular formula is C12H5BrClFN2O. The van der Waals surface area contributed by atoms with E-state index in [4.69, 9.17) is 21.6 Å². The second-order valence-electron chi connectivity index (χ2n) is 3.30. The zero-order valence-corrected chi connectivity index (χ0v) is 11.2. The number of nitriles is 1. The molecule has 2 aromatic rings. The highest BCUT2D eigenvalue weighted by molar-refractivity contribution is 9.10. The molecule has 0 bridgehead atoms. The van der Waals surface area contributed by atoms with Crippen LogP contribution in [0.15, 0.2) is 34.9 Å². The van der Waals surface area contributed by atoms with Crippen LogP contribution in [0.25, 0.3) is 0 Å². The Morgan fingerprint density at radius 3 is 2.83 bits per heavy atom. The fourth-order valence-electron chi connectivity index (χ4n) is 1.28. The topological polar surface area (TPSA) is 45.9 Å². The molecule has 0 N–H and O–H groups in total. The average molecular weight is 328 g/mol. The van der Waals surface area contributed by atoms with Crippen LogP contribution in [-0.2, 0) is 0 Å². The molecule has 1 aromatic carbocycles. The van der Waals surface area contributed by atoms with Gasteiger partial charge in [-0.25, -0.2) is 9.37 Å². The van der Waals surface area contributed by atoms with E-state index in [1.165, 1.54) is 24.4 Å². The molecule has 6 heteroatoms. The molecule has 2 rings (SSSR count). The van der Waals surface area contributed by atoms with Crippen LogP contribution in [0.3, 0.4) is 0 Å². The molecule has 3 nitrogen and oxygen atoms in total. The monoisotopic (exact) mass is 326 g/mol. The van der Waals surface area contributed by atoms with Crippen molar-refractivity contribution in [3.8, 4) is 17.7 Å². The number of aromatic nitrogens is 1. The fraction of sp³-hybridized carbons (Fsp3) is 0. The molecule has 0 fully saturated rings. The quantitative estimate of drug-likeness (QED) is 0.826. The zero-order chi connectivity index (χ0) is 13.1. The maximum absolute atomic E-state index is 13.2. The van der Waals surface area contributed by atoms with Crippen LogP contribution in [0.4, 0.5) is 4.39 Å². The molecule has 0 atom stereocenters. The number of rotatable bonds is 2. The first-order valence-electron chi connectivity index (χ1n) is 4.78. The molecule has 18 heavy (non-hydrogen) atoms. The number of hydrogen-bond acceptors (Lipinski definition) is 3. The third-order valence-electron chi connectivity index (χ3n) is 2.03. The lowest BCUT2D eigenvalue weighted by Crippen LogP contribution is -1.91. The first kappa shape index (κ1) is 12.8. The first-order chi connectivity index (χ1) is 8.60. The smallest absolute Gasteiger partial charge is 0.239 e. The van der Waals surface area contributed by atoms with Crippen molar-refractivity contribution in [2.45, 2.75) is 0 Å². The highest BCUT2D eigenvalue weighted by Gasteiger charge is 2.10. The lowest BCUT2D eigenvalue weighted by molar-refractivity contribution is 0.458. The predicted molar refractivity (Wildman–Crippen MR) is 68.1 cm³/mol. The highest BCUT2D eigenvalue weighted by atomic mass is 79.9. The summed E-state index contributed by atoms with van der Waals surface area (Å²) in [6.45, 7) is 0. The minimum absolute atomic E-state index is 0.0632. The third kappa shape index (κ3) is 2.78. The van der Waals surface area contributed by atoms with Crippen molar-refractivity contribution in [2.75, 3.05) is 0 Å². The average Bonchev–Trinajstić information content (AvgIpc) is 2.30. The molecule has 0 spiro atoms. The minimum atomic E-state index is -0.452.